The highest BCUT2D eigenvalue weighted by molar-refractivity contribution is 5.76. The maximum atomic E-state index is 11.0. The Morgan fingerprint density at radius 1 is 1.38 bits per heavy atom. The van der Waals surface area contributed by atoms with Gasteiger partial charge in [-0.1, -0.05) is 0 Å². The molecule has 0 aromatic heterocycles. The molecular weight excluding hydrogens is 216 g/mol. The first-order valence-electron chi connectivity index (χ1n) is 5.08. The van der Waals surface area contributed by atoms with Crippen molar-refractivity contribution >= 4 is 12.0 Å². The van der Waals surface area contributed by atoms with E-state index in [0.717, 1.165) is 0 Å². The molecule has 2 amide bonds. The van der Waals surface area contributed by atoms with E-state index in [4.69, 9.17) is 14.9 Å². The van der Waals surface area contributed by atoms with Crippen molar-refractivity contribution in [1.29, 1.82) is 0 Å². The molecular formula is C9H18N2O5. The number of carboxylic acid groups (broad SMARTS) is 1. The average molecular weight is 234 g/mol. The summed E-state index contributed by atoms with van der Waals surface area (Å²) in [4.78, 5) is 21.2. The molecule has 0 aromatic rings. The number of ether oxygens (including phenoxy) is 1. The number of rotatable bonds is 8. The topological polar surface area (TPSA) is 108 Å². The molecule has 0 fully saturated rings. The molecule has 0 saturated carbocycles. The van der Waals surface area contributed by atoms with Crippen molar-refractivity contribution in [2.24, 2.45) is 0 Å². The summed E-state index contributed by atoms with van der Waals surface area (Å²) in [6.07, 6.45) is -0.892. The molecule has 0 radical (unpaired) electrons. The quantitative estimate of drug-likeness (QED) is 0.409. The van der Waals surface area contributed by atoms with Crippen molar-refractivity contribution in [1.82, 2.24) is 10.6 Å². The Morgan fingerprint density at radius 2 is 2.06 bits per heavy atom. The number of amides is 2. The van der Waals surface area contributed by atoms with Crippen LogP contribution >= 0.6 is 0 Å². The largest absolute Gasteiger partial charge is 0.479 e. The summed E-state index contributed by atoms with van der Waals surface area (Å²) < 4.78 is 5.06. The lowest BCUT2D eigenvalue weighted by Crippen LogP contribution is -2.42. The molecule has 0 rings (SSSR count). The molecule has 0 aliphatic rings. The van der Waals surface area contributed by atoms with Gasteiger partial charge in [0.25, 0.3) is 0 Å². The summed E-state index contributed by atoms with van der Waals surface area (Å²) in [5.41, 5.74) is 0. The summed E-state index contributed by atoms with van der Waals surface area (Å²) in [6.45, 7) is 3.21. The Morgan fingerprint density at radius 3 is 2.62 bits per heavy atom. The third kappa shape index (κ3) is 8.01. The van der Waals surface area contributed by atoms with Gasteiger partial charge in [0.1, 0.15) is 0 Å². The summed E-state index contributed by atoms with van der Waals surface area (Å²) >= 11 is 0. The van der Waals surface area contributed by atoms with E-state index in [1.54, 1.807) is 0 Å². The van der Waals surface area contributed by atoms with Crippen LogP contribution in [0.3, 0.4) is 0 Å². The Bertz CT molecular complexity index is 222. The average Bonchev–Trinajstić information content (AvgIpc) is 2.25. The number of nitrogens with one attached hydrogen (secondary N) is 2. The van der Waals surface area contributed by atoms with Crippen molar-refractivity contribution in [3.05, 3.63) is 0 Å². The van der Waals surface area contributed by atoms with Crippen molar-refractivity contribution < 1.29 is 24.5 Å². The van der Waals surface area contributed by atoms with E-state index < -0.39 is 18.1 Å². The van der Waals surface area contributed by atoms with Crippen LogP contribution in [-0.4, -0.2) is 54.6 Å². The van der Waals surface area contributed by atoms with Crippen LogP contribution in [-0.2, 0) is 9.53 Å². The molecule has 7 nitrogen and oxygen atoms in total. The number of urea groups is 1. The molecule has 0 aliphatic carbocycles. The normalized spacial score (nSPS) is 11.9. The van der Waals surface area contributed by atoms with Crippen molar-refractivity contribution in [3.63, 3.8) is 0 Å². The van der Waals surface area contributed by atoms with Gasteiger partial charge in [-0.15, -0.1) is 0 Å². The molecule has 0 spiro atoms. The van der Waals surface area contributed by atoms with Gasteiger partial charge in [0, 0.05) is 19.8 Å². The molecule has 7 heteroatoms. The minimum atomic E-state index is -1.57. The second-order valence-electron chi connectivity index (χ2n) is 3.04. The summed E-state index contributed by atoms with van der Waals surface area (Å²) in [5, 5.41) is 21.9. The second kappa shape index (κ2) is 8.93. The minimum absolute atomic E-state index is 0.313. The van der Waals surface area contributed by atoms with E-state index in [1.165, 1.54) is 0 Å². The van der Waals surface area contributed by atoms with E-state index in [0.29, 0.717) is 26.2 Å². The van der Waals surface area contributed by atoms with Crippen LogP contribution in [0.5, 0.6) is 0 Å². The fraction of sp³-hybridized carbons (Fsp3) is 0.778. The predicted molar refractivity (Wildman–Crippen MR) is 56.2 cm³/mol. The standard InChI is InChI=1S/C9H18N2O5/c1-2-16-5-3-4-10-9(15)11-6-7(12)8(13)14/h7,12H,2-6H2,1H3,(H,13,14)(H2,10,11,15). The monoisotopic (exact) mass is 234 g/mol. The van der Waals surface area contributed by atoms with Crippen molar-refractivity contribution in [2.75, 3.05) is 26.3 Å². The molecule has 94 valence electrons. The Balaban J connectivity index is 3.41. The molecule has 1 unspecified atom stereocenters. The molecule has 1 atom stereocenters. The number of aliphatic hydroxyl groups excluding tert-OH is 1. The SMILES string of the molecule is CCOCCCNC(=O)NCC(O)C(=O)O. The van der Waals surface area contributed by atoms with Crippen LogP contribution in [0.25, 0.3) is 0 Å². The first kappa shape index (κ1) is 14.7. The molecule has 4 N–H and O–H groups in total. The molecule has 0 aliphatic heterocycles. The molecule has 16 heavy (non-hydrogen) atoms. The predicted octanol–water partition coefficient (Wildman–Crippen LogP) is -0.842. The summed E-state index contributed by atoms with van der Waals surface area (Å²) in [7, 11) is 0. The van der Waals surface area contributed by atoms with Gasteiger partial charge >= 0.3 is 12.0 Å². The smallest absolute Gasteiger partial charge is 0.334 e. The van der Waals surface area contributed by atoms with Crippen LogP contribution in [0.1, 0.15) is 13.3 Å². The lowest BCUT2D eigenvalue weighted by molar-refractivity contribution is -0.146. The van der Waals surface area contributed by atoms with Gasteiger partial charge in [-0.25, -0.2) is 9.59 Å². The Kier molecular flexibility index (Phi) is 8.18. The first-order chi connectivity index (χ1) is 7.57. The zero-order valence-electron chi connectivity index (χ0n) is 9.23. The van der Waals surface area contributed by atoms with Crippen molar-refractivity contribution in [2.45, 2.75) is 19.4 Å². The summed E-state index contributed by atoms with van der Waals surface area (Å²) in [5.74, 6) is -1.36. The fourth-order valence-corrected chi connectivity index (χ4v) is 0.860. The molecule has 0 aromatic carbocycles. The number of carbonyl (C=O) groups is 2. The molecule has 0 saturated heterocycles. The zero-order valence-corrected chi connectivity index (χ0v) is 9.23. The van der Waals surface area contributed by atoms with Crippen molar-refractivity contribution in [3.8, 4) is 0 Å². The van der Waals surface area contributed by atoms with Gasteiger partial charge in [-0.3, -0.25) is 0 Å². The van der Waals surface area contributed by atoms with E-state index in [9.17, 15) is 9.59 Å². The lowest BCUT2D eigenvalue weighted by Gasteiger charge is -2.09. The third-order valence-corrected chi connectivity index (χ3v) is 1.70. The van der Waals surface area contributed by atoms with E-state index >= 15 is 0 Å². The highest BCUT2D eigenvalue weighted by atomic mass is 16.5. The van der Waals surface area contributed by atoms with Gasteiger partial charge in [-0.2, -0.15) is 0 Å². The number of aliphatic hydroxyl groups is 1. The van der Waals surface area contributed by atoms with Gasteiger partial charge in [0.2, 0.25) is 0 Å². The highest BCUT2D eigenvalue weighted by Crippen LogP contribution is 1.82. The molecule has 0 heterocycles. The molecule has 0 bridgehead atoms. The van der Waals surface area contributed by atoms with E-state index in [-0.39, 0.29) is 6.54 Å². The minimum Gasteiger partial charge on any atom is -0.479 e. The fourth-order valence-electron chi connectivity index (χ4n) is 0.860. The van der Waals surface area contributed by atoms with E-state index in [2.05, 4.69) is 10.6 Å². The number of hydrogen-bond donors (Lipinski definition) is 4. The maximum Gasteiger partial charge on any atom is 0.334 e. The maximum absolute atomic E-state index is 11.0. The number of carboxylic acids is 1. The number of aliphatic carboxylic acids is 1. The van der Waals surface area contributed by atoms with Crippen LogP contribution < -0.4 is 10.6 Å². The Hall–Kier alpha value is -1.34. The van der Waals surface area contributed by atoms with Crippen LogP contribution in [0.4, 0.5) is 4.79 Å². The summed E-state index contributed by atoms with van der Waals surface area (Å²) in [6, 6.07) is -0.503. The Labute approximate surface area is 93.8 Å². The highest BCUT2D eigenvalue weighted by Gasteiger charge is 2.13. The van der Waals surface area contributed by atoms with Crippen LogP contribution in [0, 0.1) is 0 Å². The number of carbonyl (C=O) groups excluding carboxylic acids is 1. The number of hydrogen-bond acceptors (Lipinski definition) is 4. The van der Waals surface area contributed by atoms with Gasteiger partial charge in [0.05, 0.1) is 6.54 Å². The van der Waals surface area contributed by atoms with Crippen LogP contribution in [0.2, 0.25) is 0 Å². The van der Waals surface area contributed by atoms with Gasteiger partial charge < -0.3 is 25.6 Å². The first-order valence-corrected chi connectivity index (χ1v) is 5.08. The third-order valence-electron chi connectivity index (χ3n) is 1.70. The second-order valence-corrected chi connectivity index (χ2v) is 3.04. The lowest BCUT2D eigenvalue weighted by atomic mass is 10.3. The van der Waals surface area contributed by atoms with Gasteiger partial charge in [-0.05, 0) is 13.3 Å². The van der Waals surface area contributed by atoms with Crippen LogP contribution in [0.15, 0.2) is 0 Å². The van der Waals surface area contributed by atoms with Gasteiger partial charge in [0.15, 0.2) is 6.10 Å². The zero-order chi connectivity index (χ0) is 12.4. The van der Waals surface area contributed by atoms with E-state index in [1.807, 2.05) is 6.92 Å².